The molecule has 0 bridgehead atoms. The predicted octanol–water partition coefficient (Wildman–Crippen LogP) is 3.77. The fourth-order valence-electron chi connectivity index (χ4n) is 3.29. The van der Waals surface area contributed by atoms with Gasteiger partial charge in [0.1, 0.15) is 0 Å². The largest absolute Gasteiger partial charge is 0.313 e. The minimum Gasteiger partial charge on any atom is -0.313 e. The predicted molar refractivity (Wildman–Crippen MR) is 85.5 cm³/mol. The Morgan fingerprint density at radius 2 is 1.68 bits per heavy atom. The molecule has 114 valence electrons. The molecular weight excluding hydrogens is 232 g/mol. The zero-order valence-electron chi connectivity index (χ0n) is 14.1. The highest BCUT2D eigenvalue weighted by Gasteiger charge is 2.29. The maximum Gasteiger partial charge on any atom is 0.0104 e. The number of hydrogen-bond acceptors (Lipinski definition) is 2. The quantitative estimate of drug-likeness (QED) is 0.789. The summed E-state index contributed by atoms with van der Waals surface area (Å²) in [5.74, 6) is 1.87. The van der Waals surface area contributed by atoms with Crippen LogP contribution in [0.5, 0.6) is 0 Å². The fraction of sp³-hybridized carbons (Fsp3) is 1.00. The van der Waals surface area contributed by atoms with E-state index in [0.29, 0.717) is 11.5 Å². The average Bonchev–Trinajstić information content (AvgIpc) is 2.27. The van der Waals surface area contributed by atoms with Crippen LogP contribution in [0.15, 0.2) is 0 Å². The molecule has 0 atom stereocenters. The van der Waals surface area contributed by atoms with Gasteiger partial charge in [-0.2, -0.15) is 0 Å². The van der Waals surface area contributed by atoms with E-state index in [-0.39, 0.29) is 0 Å². The Labute approximate surface area is 121 Å². The first kappa shape index (κ1) is 17.0. The van der Waals surface area contributed by atoms with Crippen LogP contribution >= 0.6 is 0 Å². The first-order chi connectivity index (χ1) is 8.79. The highest BCUT2D eigenvalue weighted by Crippen LogP contribution is 2.39. The molecule has 0 aromatic carbocycles. The van der Waals surface area contributed by atoms with Crippen molar-refractivity contribution in [2.75, 3.05) is 26.7 Å². The van der Waals surface area contributed by atoms with Crippen molar-refractivity contribution >= 4 is 0 Å². The van der Waals surface area contributed by atoms with E-state index in [1.54, 1.807) is 0 Å². The van der Waals surface area contributed by atoms with Crippen molar-refractivity contribution in [3.8, 4) is 0 Å². The van der Waals surface area contributed by atoms with Gasteiger partial charge in [-0.15, -0.1) is 0 Å². The normalized spacial score (nSPS) is 25.3. The van der Waals surface area contributed by atoms with Crippen LogP contribution in [0.3, 0.4) is 0 Å². The van der Waals surface area contributed by atoms with Crippen molar-refractivity contribution in [2.24, 2.45) is 17.3 Å². The Bertz CT molecular complexity index is 234. The molecule has 0 radical (unpaired) electrons. The highest BCUT2D eigenvalue weighted by atomic mass is 15.1. The Hall–Kier alpha value is -0.0800. The van der Waals surface area contributed by atoms with E-state index in [0.717, 1.165) is 18.4 Å². The van der Waals surface area contributed by atoms with Gasteiger partial charge in [0.05, 0.1) is 0 Å². The van der Waals surface area contributed by atoms with E-state index in [2.05, 4.69) is 51.9 Å². The summed E-state index contributed by atoms with van der Waals surface area (Å²) in [7, 11) is 2.28. The first-order valence-electron chi connectivity index (χ1n) is 8.21. The summed E-state index contributed by atoms with van der Waals surface area (Å²) in [6.45, 7) is 15.2. The average molecular weight is 268 g/mol. The third-order valence-electron chi connectivity index (χ3n) is 4.69. The lowest BCUT2D eigenvalue weighted by Crippen LogP contribution is -2.36. The Kier molecular flexibility index (Phi) is 6.82. The summed E-state index contributed by atoms with van der Waals surface area (Å²) in [4.78, 5) is 2.51. The zero-order chi connectivity index (χ0) is 14.5. The molecular formula is C17H36N2. The summed E-state index contributed by atoms with van der Waals surface area (Å²) in [6, 6.07) is 0.607. The fourth-order valence-corrected chi connectivity index (χ4v) is 3.29. The van der Waals surface area contributed by atoms with Crippen LogP contribution in [0, 0.1) is 17.3 Å². The van der Waals surface area contributed by atoms with Crippen LogP contribution in [0.25, 0.3) is 0 Å². The molecule has 0 amide bonds. The third kappa shape index (κ3) is 6.76. The van der Waals surface area contributed by atoms with Crippen LogP contribution in [-0.2, 0) is 0 Å². The molecule has 19 heavy (non-hydrogen) atoms. The minimum atomic E-state index is 0.512. The van der Waals surface area contributed by atoms with Crippen LogP contribution in [0.2, 0.25) is 0 Å². The SMILES string of the molecule is CC(C)NCCN(C)CC1CCC(C(C)(C)C)CC1. The van der Waals surface area contributed by atoms with Gasteiger partial charge in [0.15, 0.2) is 0 Å². The molecule has 1 saturated carbocycles. The minimum absolute atomic E-state index is 0.512. The van der Waals surface area contributed by atoms with Gasteiger partial charge in [-0.25, -0.2) is 0 Å². The van der Waals surface area contributed by atoms with E-state index in [1.165, 1.54) is 38.8 Å². The maximum atomic E-state index is 3.50. The molecule has 2 heteroatoms. The van der Waals surface area contributed by atoms with Crippen molar-refractivity contribution in [1.29, 1.82) is 0 Å². The zero-order valence-corrected chi connectivity index (χ0v) is 14.1. The van der Waals surface area contributed by atoms with Crippen molar-refractivity contribution in [1.82, 2.24) is 10.2 Å². The summed E-state index contributed by atoms with van der Waals surface area (Å²) >= 11 is 0. The second-order valence-electron chi connectivity index (χ2n) is 7.95. The van der Waals surface area contributed by atoms with Crippen molar-refractivity contribution in [3.63, 3.8) is 0 Å². The van der Waals surface area contributed by atoms with Gasteiger partial charge < -0.3 is 10.2 Å². The van der Waals surface area contributed by atoms with Gasteiger partial charge in [0.2, 0.25) is 0 Å². The maximum absolute atomic E-state index is 3.50. The highest BCUT2D eigenvalue weighted by molar-refractivity contribution is 4.81. The molecule has 2 nitrogen and oxygen atoms in total. The third-order valence-corrected chi connectivity index (χ3v) is 4.69. The molecule has 1 N–H and O–H groups in total. The lowest BCUT2D eigenvalue weighted by Gasteiger charge is -2.38. The van der Waals surface area contributed by atoms with E-state index < -0.39 is 0 Å². The van der Waals surface area contributed by atoms with Crippen molar-refractivity contribution in [3.05, 3.63) is 0 Å². The molecule has 0 aromatic rings. The summed E-state index contributed by atoms with van der Waals surface area (Å²) in [5.41, 5.74) is 0.512. The van der Waals surface area contributed by atoms with Crippen LogP contribution in [0.4, 0.5) is 0 Å². The van der Waals surface area contributed by atoms with Crippen molar-refractivity contribution in [2.45, 2.75) is 66.3 Å². The molecule has 1 aliphatic carbocycles. The van der Waals surface area contributed by atoms with Gasteiger partial charge >= 0.3 is 0 Å². The monoisotopic (exact) mass is 268 g/mol. The standard InChI is InChI=1S/C17H36N2/c1-14(2)18-11-12-19(6)13-15-7-9-16(10-8-15)17(3,4)5/h14-16,18H,7-13H2,1-6H3. The van der Waals surface area contributed by atoms with Crippen molar-refractivity contribution < 1.29 is 0 Å². The molecule has 0 saturated heterocycles. The molecule has 1 rings (SSSR count). The van der Waals surface area contributed by atoms with Crippen LogP contribution in [-0.4, -0.2) is 37.6 Å². The van der Waals surface area contributed by atoms with E-state index in [1.807, 2.05) is 0 Å². The number of nitrogens with one attached hydrogen (secondary N) is 1. The Morgan fingerprint density at radius 1 is 1.11 bits per heavy atom. The molecule has 0 aromatic heterocycles. The lowest BCUT2D eigenvalue weighted by atomic mass is 9.70. The van der Waals surface area contributed by atoms with Gasteiger partial charge in [-0.3, -0.25) is 0 Å². The van der Waals surface area contributed by atoms with Gasteiger partial charge in [0.25, 0.3) is 0 Å². The van der Waals surface area contributed by atoms with Gasteiger partial charge in [0, 0.05) is 25.7 Å². The number of rotatable bonds is 6. The molecule has 0 unspecified atom stereocenters. The van der Waals surface area contributed by atoms with Crippen LogP contribution < -0.4 is 5.32 Å². The number of likely N-dealkylation sites (N-methyl/N-ethyl adjacent to an activating group) is 1. The molecule has 1 aliphatic rings. The van der Waals surface area contributed by atoms with Crippen LogP contribution in [0.1, 0.15) is 60.3 Å². The smallest absolute Gasteiger partial charge is 0.0104 e. The Balaban J connectivity index is 2.18. The molecule has 1 fully saturated rings. The lowest BCUT2D eigenvalue weighted by molar-refractivity contribution is 0.131. The second kappa shape index (κ2) is 7.64. The number of hydrogen-bond donors (Lipinski definition) is 1. The molecule has 0 spiro atoms. The topological polar surface area (TPSA) is 15.3 Å². The molecule has 0 aliphatic heterocycles. The second-order valence-corrected chi connectivity index (χ2v) is 7.95. The van der Waals surface area contributed by atoms with E-state index in [9.17, 15) is 0 Å². The summed E-state index contributed by atoms with van der Waals surface area (Å²) in [6.07, 6.45) is 5.74. The van der Waals surface area contributed by atoms with E-state index >= 15 is 0 Å². The first-order valence-corrected chi connectivity index (χ1v) is 8.21. The van der Waals surface area contributed by atoms with E-state index in [4.69, 9.17) is 0 Å². The summed E-state index contributed by atoms with van der Waals surface area (Å²) < 4.78 is 0. The van der Waals surface area contributed by atoms with Gasteiger partial charge in [-0.1, -0.05) is 34.6 Å². The molecule has 0 heterocycles. The number of nitrogens with zero attached hydrogens (tertiary/aromatic N) is 1. The summed E-state index contributed by atoms with van der Waals surface area (Å²) in [5, 5.41) is 3.50. The Morgan fingerprint density at radius 3 is 2.16 bits per heavy atom. The van der Waals surface area contributed by atoms with Gasteiger partial charge in [-0.05, 0) is 50.0 Å².